The van der Waals surface area contributed by atoms with Crippen molar-refractivity contribution in [3.05, 3.63) is 36.4 Å². The van der Waals surface area contributed by atoms with Crippen molar-refractivity contribution in [1.82, 2.24) is 14.5 Å². The summed E-state index contributed by atoms with van der Waals surface area (Å²) in [5.74, 6) is -0.204. The first-order chi connectivity index (χ1) is 8.22. The molecule has 0 aliphatic heterocycles. The third kappa shape index (κ3) is 2.33. The van der Waals surface area contributed by atoms with E-state index in [1.165, 1.54) is 12.3 Å². The molecule has 0 amide bonds. The minimum atomic E-state index is -1.02. The fourth-order valence-electron chi connectivity index (χ4n) is 1.64. The zero-order chi connectivity index (χ0) is 12.3. The van der Waals surface area contributed by atoms with Crippen LogP contribution < -0.4 is 0 Å². The number of carbonyl (C=O) groups is 1. The Labute approximate surface area is 98.8 Å². The monoisotopic (exact) mass is 231 g/mol. The van der Waals surface area contributed by atoms with Crippen molar-refractivity contribution in [3.63, 3.8) is 0 Å². The standard InChI is InChI=1S/C12H13N3O2/c1-2-6-15-7-5-13-11(15)9-3-4-10(12(16)17)14-8-9/h3-5,7-8H,2,6H2,1H3,(H,16,17). The summed E-state index contributed by atoms with van der Waals surface area (Å²) in [6.07, 6.45) is 6.20. The summed E-state index contributed by atoms with van der Waals surface area (Å²) in [4.78, 5) is 18.8. The maximum atomic E-state index is 10.7. The molecule has 2 rings (SSSR count). The van der Waals surface area contributed by atoms with Crippen LogP contribution in [0.5, 0.6) is 0 Å². The Morgan fingerprint density at radius 2 is 2.24 bits per heavy atom. The van der Waals surface area contributed by atoms with Gasteiger partial charge in [-0.25, -0.2) is 14.8 Å². The first kappa shape index (κ1) is 11.3. The minimum Gasteiger partial charge on any atom is -0.477 e. The van der Waals surface area contributed by atoms with Crippen LogP contribution in [0.4, 0.5) is 0 Å². The van der Waals surface area contributed by atoms with E-state index in [9.17, 15) is 4.79 Å². The van der Waals surface area contributed by atoms with Crippen molar-refractivity contribution in [3.8, 4) is 11.4 Å². The summed E-state index contributed by atoms with van der Waals surface area (Å²) in [6, 6.07) is 3.22. The molecule has 2 aromatic rings. The van der Waals surface area contributed by atoms with Gasteiger partial charge in [-0.3, -0.25) is 0 Å². The molecular weight excluding hydrogens is 218 g/mol. The van der Waals surface area contributed by atoms with E-state index < -0.39 is 5.97 Å². The topological polar surface area (TPSA) is 68.0 Å². The zero-order valence-electron chi connectivity index (χ0n) is 9.50. The number of aryl methyl sites for hydroxylation is 1. The SMILES string of the molecule is CCCn1ccnc1-c1ccc(C(=O)O)nc1. The number of aromatic carboxylic acids is 1. The van der Waals surface area contributed by atoms with E-state index in [4.69, 9.17) is 5.11 Å². The molecule has 88 valence electrons. The molecule has 0 aliphatic rings. The van der Waals surface area contributed by atoms with Crippen LogP contribution in [0.1, 0.15) is 23.8 Å². The van der Waals surface area contributed by atoms with Gasteiger partial charge in [-0.15, -0.1) is 0 Å². The van der Waals surface area contributed by atoms with E-state index in [0.29, 0.717) is 0 Å². The second kappa shape index (κ2) is 4.78. The molecule has 0 fully saturated rings. The number of carboxylic acids is 1. The Kier molecular flexibility index (Phi) is 3.18. The Bertz CT molecular complexity index is 517. The molecule has 0 saturated carbocycles. The fourth-order valence-corrected chi connectivity index (χ4v) is 1.64. The van der Waals surface area contributed by atoms with E-state index in [2.05, 4.69) is 16.9 Å². The summed E-state index contributed by atoms with van der Waals surface area (Å²) in [7, 11) is 0. The number of hydrogen-bond acceptors (Lipinski definition) is 3. The van der Waals surface area contributed by atoms with E-state index >= 15 is 0 Å². The summed E-state index contributed by atoms with van der Waals surface area (Å²) in [5, 5.41) is 8.76. The van der Waals surface area contributed by atoms with Crippen LogP contribution in [0.25, 0.3) is 11.4 Å². The molecule has 5 heteroatoms. The van der Waals surface area contributed by atoms with Crippen LogP contribution in [0, 0.1) is 0 Å². The van der Waals surface area contributed by atoms with E-state index in [0.717, 1.165) is 24.4 Å². The van der Waals surface area contributed by atoms with E-state index in [-0.39, 0.29) is 5.69 Å². The van der Waals surface area contributed by atoms with Gasteiger partial charge in [0.25, 0.3) is 0 Å². The lowest BCUT2D eigenvalue weighted by atomic mass is 10.2. The maximum absolute atomic E-state index is 10.7. The summed E-state index contributed by atoms with van der Waals surface area (Å²) < 4.78 is 2.03. The van der Waals surface area contributed by atoms with Gasteiger partial charge in [-0.05, 0) is 18.6 Å². The van der Waals surface area contributed by atoms with E-state index in [1.807, 2.05) is 10.8 Å². The van der Waals surface area contributed by atoms with Gasteiger partial charge in [0.05, 0.1) is 0 Å². The van der Waals surface area contributed by atoms with Gasteiger partial charge < -0.3 is 9.67 Å². The highest BCUT2D eigenvalue weighted by molar-refractivity contribution is 5.85. The van der Waals surface area contributed by atoms with Crippen LogP contribution in [0.3, 0.4) is 0 Å². The van der Waals surface area contributed by atoms with Gasteiger partial charge in [-0.1, -0.05) is 6.92 Å². The highest BCUT2D eigenvalue weighted by Gasteiger charge is 2.08. The van der Waals surface area contributed by atoms with Gasteiger partial charge in [0.1, 0.15) is 11.5 Å². The lowest BCUT2D eigenvalue weighted by molar-refractivity contribution is 0.0690. The van der Waals surface area contributed by atoms with Crippen molar-refractivity contribution in [2.45, 2.75) is 19.9 Å². The van der Waals surface area contributed by atoms with Crippen molar-refractivity contribution in [2.75, 3.05) is 0 Å². The lowest BCUT2D eigenvalue weighted by Crippen LogP contribution is -2.02. The second-order valence-corrected chi connectivity index (χ2v) is 3.68. The summed E-state index contributed by atoms with van der Waals surface area (Å²) in [6.45, 7) is 2.98. The zero-order valence-corrected chi connectivity index (χ0v) is 9.50. The summed E-state index contributed by atoms with van der Waals surface area (Å²) >= 11 is 0. The van der Waals surface area contributed by atoms with Crippen LogP contribution in [-0.4, -0.2) is 25.6 Å². The van der Waals surface area contributed by atoms with Crippen molar-refractivity contribution in [2.24, 2.45) is 0 Å². The fraction of sp³-hybridized carbons (Fsp3) is 0.250. The smallest absolute Gasteiger partial charge is 0.354 e. The Morgan fingerprint density at radius 1 is 1.41 bits per heavy atom. The maximum Gasteiger partial charge on any atom is 0.354 e. The average Bonchev–Trinajstić information content (AvgIpc) is 2.78. The first-order valence-corrected chi connectivity index (χ1v) is 5.43. The quantitative estimate of drug-likeness (QED) is 0.874. The van der Waals surface area contributed by atoms with Crippen LogP contribution in [-0.2, 0) is 6.54 Å². The average molecular weight is 231 g/mol. The normalized spacial score (nSPS) is 10.4. The number of pyridine rings is 1. The third-order valence-corrected chi connectivity index (χ3v) is 2.42. The molecule has 0 bridgehead atoms. The number of rotatable bonds is 4. The van der Waals surface area contributed by atoms with Gasteiger partial charge in [0, 0.05) is 30.7 Å². The van der Waals surface area contributed by atoms with Crippen molar-refractivity contribution in [1.29, 1.82) is 0 Å². The summed E-state index contributed by atoms with van der Waals surface area (Å²) in [5.41, 5.74) is 0.871. The highest BCUT2D eigenvalue weighted by atomic mass is 16.4. The Morgan fingerprint density at radius 3 is 2.82 bits per heavy atom. The number of carboxylic acid groups (broad SMARTS) is 1. The predicted octanol–water partition coefficient (Wildman–Crippen LogP) is 2.05. The molecule has 17 heavy (non-hydrogen) atoms. The van der Waals surface area contributed by atoms with Gasteiger partial charge in [-0.2, -0.15) is 0 Å². The molecule has 0 saturated heterocycles. The molecule has 5 nitrogen and oxygen atoms in total. The largest absolute Gasteiger partial charge is 0.477 e. The molecule has 0 radical (unpaired) electrons. The second-order valence-electron chi connectivity index (χ2n) is 3.68. The number of hydrogen-bond donors (Lipinski definition) is 1. The lowest BCUT2D eigenvalue weighted by Gasteiger charge is -2.05. The molecule has 1 N–H and O–H groups in total. The van der Waals surface area contributed by atoms with Crippen LogP contribution in [0.15, 0.2) is 30.7 Å². The van der Waals surface area contributed by atoms with Gasteiger partial charge in [0.2, 0.25) is 0 Å². The third-order valence-electron chi connectivity index (χ3n) is 2.42. The van der Waals surface area contributed by atoms with Crippen LogP contribution in [0.2, 0.25) is 0 Å². The minimum absolute atomic E-state index is 0.0438. The van der Waals surface area contributed by atoms with Gasteiger partial charge >= 0.3 is 5.97 Å². The molecule has 2 heterocycles. The molecular formula is C12H13N3O2. The Hall–Kier alpha value is -2.17. The molecule has 2 aromatic heterocycles. The Balaban J connectivity index is 2.33. The van der Waals surface area contributed by atoms with E-state index in [1.54, 1.807) is 12.3 Å². The molecule has 0 spiro atoms. The predicted molar refractivity (Wildman–Crippen MR) is 62.7 cm³/mol. The van der Waals surface area contributed by atoms with Gasteiger partial charge in [0.15, 0.2) is 0 Å². The molecule has 0 atom stereocenters. The highest BCUT2D eigenvalue weighted by Crippen LogP contribution is 2.16. The molecule has 0 unspecified atom stereocenters. The molecule has 0 aromatic carbocycles. The number of imidazole rings is 1. The first-order valence-electron chi connectivity index (χ1n) is 5.43. The number of aromatic nitrogens is 3. The van der Waals surface area contributed by atoms with Crippen molar-refractivity contribution < 1.29 is 9.90 Å². The van der Waals surface area contributed by atoms with Crippen molar-refractivity contribution >= 4 is 5.97 Å². The molecule has 0 aliphatic carbocycles. The number of nitrogens with zero attached hydrogens (tertiary/aromatic N) is 3. The van der Waals surface area contributed by atoms with Crippen LogP contribution >= 0.6 is 0 Å².